The second-order valence-corrected chi connectivity index (χ2v) is 4.76. The van der Waals surface area contributed by atoms with Crippen molar-refractivity contribution in [1.29, 1.82) is 0 Å². The molecule has 0 amide bonds. The van der Waals surface area contributed by atoms with Crippen LogP contribution < -0.4 is 14.8 Å². The number of hydrogen-bond donors (Lipinski definition) is 1. The van der Waals surface area contributed by atoms with Gasteiger partial charge in [-0.1, -0.05) is 37.3 Å². The lowest BCUT2D eigenvalue weighted by molar-refractivity contribution is 0.355. The molecule has 0 fully saturated rings. The van der Waals surface area contributed by atoms with Crippen LogP contribution in [0.2, 0.25) is 0 Å². The first-order valence-electron chi connectivity index (χ1n) is 6.75. The molecule has 3 nitrogen and oxygen atoms in total. The van der Waals surface area contributed by atoms with Crippen molar-refractivity contribution in [3.63, 3.8) is 0 Å². The summed E-state index contributed by atoms with van der Waals surface area (Å²) in [5.41, 5.74) is 2.37. The fourth-order valence-corrected chi connectivity index (χ4v) is 2.12. The summed E-state index contributed by atoms with van der Waals surface area (Å²) in [6.45, 7) is 3.09. The monoisotopic (exact) mass is 271 g/mol. The van der Waals surface area contributed by atoms with E-state index in [1.807, 2.05) is 24.3 Å². The molecule has 0 aliphatic rings. The molecule has 1 N–H and O–H groups in total. The van der Waals surface area contributed by atoms with Crippen LogP contribution in [0.5, 0.6) is 11.5 Å². The van der Waals surface area contributed by atoms with Crippen LogP contribution in [-0.4, -0.2) is 20.8 Å². The molecule has 0 aliphatic heterocycles. The zero-order valence-electron chi connectivity index (χ0n) is 12.2. The summed E-state index contributed by atoms with van der Waals surface area (Å²) >= 11 is 0. The molecule has 106 valence electrons. The number of hydrogen-bond acceptors (Lipinski definition) is 3. The minimum atomic E-state index is 0.448. The van der Waals surface area contributed by atoms with Gasteiger partial charge < -0.3 is 14.8 Å². The van der Waals surface area contributed by atoms with E-state index >= 15 is 0 Å². The molecule has 0 spiro atoms. The van der Waals surface area contributed by atoms with Gasteiger partial charge in [-0.25, -0.2) is 0 Å². The van der Waals surface area contributed by atoms with Crippen LogP contribution in [0.1, 0.15) is 18.4 Å². The quantitative estimate of drug-likeness (QED) is 0.863. The second-order valence-electron chi connectivity index (χ2n) is 4.76. The van der Waals surface area contributed by atoms with Crippen molar-refractivity contribution in [3.8, 4) is 11.5 Å². The van der Waals surface area contributed by atoms with Crippen LogP contribution in [0.4, 0.5) is 5.69 Å². The van der Waals surface area contributed by atoms with Crippen molar-refractivity contribution >= 4 is 5.69 Å². The third kappa shape index (κ3) is 3.44. The number of rotatable bonds is 6. The Hall–Kier alpha value is -2.16. The molecule has 2 rings (SSSR count). The van der Waals surface area contributed by atoms with Gasteiger partial charge in [-0.2, -0.15) is 0 Å². The minimum absolute atomic E-state index is 0.448. The topological polar surface area (TPSA) is 30.5 Å². The zero-order valence-corrected chi connectivity index (χ0v) is 12.2. The molecular formula is C17H21NO2. The maximum Gasteiger partial charge on any atom is 0.162 e. The maximum atomic E-state index is 5.30. The summed E-state index contributed by atoms with van der Waals surface area (Å²) in [6, 6.07) is 16.4. The summed E-state index contributed by atoms with van der Waals surface area (Å²) in [7, 11) is 3.29. The molecule has 0 bridgehead atoms. The fraction of sp³-hybridized carbons (Fsp3) is 0.294. The van der Waals surface area contributed by atoms with Crippen LogP contribution in [0.25, 0.3) is 0 Å². The van der Waals surface area contributed by atoms with E-state index in [-0.39, 0.29) is 0 Å². The lowest BCUT2D eigenvalue weighted by Crippen LogP contribution is -2.09. The Balaban J connectivity index is 2.00. The average Bonchev–Trinajstić information content (AvgIpc) is 2.53. The molecule has 0 radical (unpaired) electrons. The van der Waals surface area contributed by atoms with Gasteiger partial charge in [0, 0.05) is 18.3 Å². The second kappa shape index (κ2) is 6.85. The highest BCUT2D eigenvalue weighted by atomic mass is 16.5. The van der Waals surface area contributed by atoms with E-state index in [9.17, 15) is 0 Å². The Kier molecular flexibility index (Phi) is 4.88. The number of benzene rings is 2. The van der Waals surface area contributed by atoms with Crippen molar-refractivity contribution in [2.75, 3.05) is 26.1 Å². The standard InChI is InChI=1S/C17H21NO2/c1-13(14-7-5-4-6-8-14)12-18-15-9-10-16(19-2)17(11-15)20-3/h4-11,13,18H,12H2,1-3H3. The number of anilines is 1. The van der Waals surface area contributed by atoms with Crippen LogP contribution in [-0.2, 0) is 0 Å². The van der Waals surface area contributed by atoms with Gasteiger partial charge in [0.25, 0.3) is 0 Å². The maximum absolute atomic E-state index is 5.30. The zero-order chi connectivity index (χ0) is 14.4. The van der Waals surface area contributed by atoms with E-state index in [4.69, 9.17) is 9.47 Å². The minimum Gasteiger partial charge on any atom is -0.493 e. The third-order valence-electron chi connectivity index (χ3n) is 3.36. The molecule has 3 heteroatoms. The van der Waals surface area contributed by atoms with Crippen LogP contribution in [0.15, 0.2) is 48.5 Å². The van der Waals surface area contributed by atoms with Crippen molar-refractivity contribution in [2.45, 2.75) is 12.8 Å². The van der Waals surface area contributed by atoms with Gasteiger partial charge >= 0.3 is 0 Å². The fourth-order valence-electron chi connectivity index (χ4n) is 2.12. The largest absolute Gasteiger partial charge is 0.493 e. The molecule has 2 aromatic carbocycles. The molecule has 1 atom stereocenters. The van der Waals surface area contributed by atoms with Gasteiger partial charge in [0.05, 0.1) is 14.2 Å². The molecule has 0 heterocycles. The molecule has 1 unspecified atom stereocenters. The van der Waals surface area contributed by atoms with Crippen molar-refractivity contribution in [2.24, 2.45) is 0 Å². The molecule has 0 aliphatic carbocycles. The highest BCUT2D eigenvalue weighted by Crippen LogP contribution is 2.30. The molecule has 0 saturated heterocycles. The van der Waals surface area contributed by atoms with E-state index in [1.54, 1.807) is 14.2 Å². The summed E-state index contributed by atoms with van der Waals surface area (Å²) in [5.74, 6) is 1.93. The third-order valence-corrected chi connectivity index (χ3v) is 3.36. The lowest BCUT2D eigenvalue weighted by Gasteiger charge is -2.15. The summed E-state index contributed by atoms with van der Waals surface area (Å²) < 4.78 is 10.5. The molecule has 0 saturated carbocycles. The van der Waals surface area contributed by atoms with Crippen molar-refractivity contribution < 1.29 is 9.47 Å². The highest BCUT2D eigenvalue weighted by molar-refractivity contribution is 5.54. The summed E-state index contributed by atoms with van der Waals surface area (Å²) in [5, 5.41) is 3.43. The predicted octanol–water partition coefficient (Wildman–Crippen LogP) is 3.92. The van der Waals surface area contributed by atoms with Gasteiger partial charge in [-0.05, 0) is 23.6 Å². The first-order chi connectivity index (χ1) is 9.74. The lowest BCUT2D eigenvalue weighted by atomic mass is 10.0. The summed E-state index contributed by atoms with van der Waals surface area (Å²) in [4.78, 5) is 0. The van der Waals surface area contributed by atoms with E-state index < -0.39 is 0 Å². The van der Waals surface area contributed by atoms with Gasteiger partial charge in [0.15, 0.2) is 11.5 Å². The number of nitrogens with one attached hydrogen (secondary N) is 1. The average molecular weight is 271 g/mol. The van der Waals surface area contributed by atoms with E-state index in [2.05, 4.69) is 36.5 Å². The van der Waals surface area contributed by atoms with E-state index in [0.717, 1.165) is 23.7 Å². The number of methoxy groups -OCH3 is 2. The van der Waals surface area contributed by atoms with Crippen molar-refractivity contribution in [3.05, 3.63) is 54.1 Å². The van der Waals surface area contributed by atoms with E-state index in [0.29, 0.717) is 5.92 Å². The van der Waals surface area contributed by atoms with Crippen LogP contribution in [0.3, 0.4) is 0 Å². The normalized spacial score (nSPS) is 11.8. The Morgan fingerprint density at radius 2 is 1.65 bits per heavy atom. The number of ether oxygens (including phenoxy) is 2. The smallest absolute Gasteiger partial charge is 0.162 e. The Labute approximate surface area is 120 Å². The van der Waals surface area contributed by atoms with Crippen LogP contribution >= 0.6 is 0 Å². The molecule has 0 aromatic heterocycles. The first kappa shape index (κ1) is 14.3. The molecular weight excluding hydrogens is 250 g/mol. The highest BCUT2D eigenvalue weighted by Gasteiger charge is 2.07. The first-order valence-corrected chi connectivity index (χ1v) is 6.75. The predicted molar refractivity (Wildman–Crippen MR) is 82.9 cm³/mol. The Morgan fingerprint density at radius 3 is 2.30 bits per heavy atom. The Bertz CT molecular complexity index is 540. The molecule has 2 aromatic rings. The van der Waals surface area contributed by atoms with Gasteiger partial charge in [-0.15, -0.1) is 0 Å². The molecule has 20 heavy (non-hydrogen) atoms. The summed E-state index contributed by atoms with van der Waals surface area (Å²) in [6.07, 6.45) is 0. The van der Waals surface area contributed by atoms with Crippen LogP contribution in [0, 0.1) is 0 Å². The Morgan fingerprint density at radius 1 is 0.950 bits per heavy atom. The van der Waals surface area contributed by atoms with Gasteiger partial charge in [0.1, 0.15) is 0 Å². The van der Waals surface area contributed by atoms with Gasteiger partial charge in [-0.3, -0.25) is 0 Å². The van der Waals surface area contributed by atoms with Crippen molar-refractivity contribution in [1.82, 2.24) is 0 Å². The SMILES string of the molecule is COc1ccc(NCC(C)c2ccccc2)cc1OC. The van der Waals surface area contributed by atoms with E-state index in [1.165, 1.54) is 5.56 Å². The van der Waals surface area contributed by atoms with Gasteiger partial charge in [0.2, 0.25) is 0 Å².